The number of H-pyrrole nitrogens is 1. The zero-order valence-electron chi connectivity index (χ0n) is 29.7. The molecule has 4 heterocycles. The van der Waals surface area contributed by atoms with Crippen molar-refractivity contribution in [3.8, 4) is 22.4 Å². The molecule has 0 saturated carbocycles. The van der Waals surface area contributed by atoms with E-state index in [1.54, 1.807) is 0 Å². The third-order valence-corrected chi connectivity index (χ3v) is 9.61. The Balaban J connectivity index is 1.07. The first-order chi connectivity index (χ1) is 24.0. The highest BCUT2D eigenvalue weighted by Crippen LogP contribution is 2.34. The van der Waals surface area contributed by atoms with Crippen molar-refractivity contribution in [1.82, 2.24) is 25.1 Å². The predicted octanol–water partition coefficient (Wildman–Crippen LogP) is 7.52. The molecule has 11 nitrogen and oxygen atoms in total. The van der Waals surface area contributed by atoms with Gasteiger partial charge in [0.25, 0.3) is 0 Å². The summed E-state index contributed by atoms with van der Waals surface area (Å²) in [5, 5.41) is 2.70. The minimum Gasteiger partial charge on any atom is -0.453 e. The van der Waals surface area contributed by atoms with Crippen molar-refractivity contribution in [3.05, 3.63) is 72.3 Å². The molecule has 6 rings (SSSR count). The van der Waals surface area contributed by atoms with Crippen molar-refractivity contribution < 1.29 is 23.9 Å². The predicted molar refractivity (Wildman–Crippen MR) is 193 cm³/mol. The molecule has 2 fully saturated rings. The Labute approximate surface area is 294 Å². The Morgan fingerprint density at radius 3 is 2.18 bits per heavy atom. The smallest absolute Gasteiger partial charge is 0.410 e. The van der Waals surface area contributed by atoms with E-state index >= 15 is 0 Å². The van der Waals surface area contributed by atoms with Gasteiger partial charge in [-0.15, -0.1) is 0 Å². The molecule has 1 aromatic heterocycles. The zero-order valence-corrected chi connectivity index (χ0v) is 29.7. The van der Waals surface area contributed by atoms with Gasteiger partial charge in [-0.05, 0) is 80.7 Å². The minimum absolute atomic E-state index is 0.0181. The van der Waals surface area contributed by atoms with Gasteiger partial charge < -0.3 is 24.7 Å². The van der Waals surface area contributed by atoms with Gasteiger partial charge in [-0.1, -0.05) is 61.9 Å². The number of hydrogen-bond donors (Lipinski definition) is 2. The quantitative estimate of drug-likeness (QED) is 0.241. The summed E-state index contributed by atoms with van der Waals surface area (Å²) in [6, 6.07) is 16.1. The van der Waals surface area contributed by atoms with Gasteiger partial charge in [0.05, 0.1) is 31.1 Å². The number of aliphatic imine (C=N–C) groups is 1. The lowest BCUT2D eigenvalue weighted by Gasteiger charge is -2.28. The van der Waals surface area contributed by atoms with Gasteiger partial charge >= 0.3 is 12.2 Å². The Morgan fingerprint density at radius 1 is 0.920 bits per heavy atom. The lowest BCUT2D eigenvalue weighted by molar-refractivity contribution is -0.134. The molecule has 2 N–H and O–H groups in total. The van der Waals surface area contributed by atoms with Crippen molar-refractivity contribution in [2.24, 2.45) is 4.99 Å². The van der Waals surface area contributed by atoms with E-state index in [2.05, 4.69) is 63.8 Å². The Bertz CT molecular complexity index is 1750. The molecular formula is C39H48N6O5. The van der Waals surface area contributed by atoms with Gasteiger partial charge in [0.2, 0.25) is 5.91 Å². The second kappa shape index (κ2) is 14.9. The van der Waals surface area contributed by atoms with E-state index in [1.165, 1.54) is 7.11 Å². The van der Waals surface area contributed by atoms with Crippen LogP contribution in [0.3, 0.4) is 0 Å². The maximum absolute atomic E-state index is 13.4. The molecule has 3 atom stereocenters. The van der Waals surface area contributed by atoms with Crippen molar-refractivity contribution in [3.63, 3.8) is 0 Å². The van der Waals surface area contributed by atoms with Crippen molar-refractivity contribution >= 4 is 29.4 Å². The number of likely N-dealkylation sites (tertiary alicyclic amines) is 2. The summed E-state index contributed by atoms with van der Waals surface area (Å²) in [7, 11) is 1.30. The molecule has 0 spiro atoms. The van der Waals surface area contributed by atoms with Crippen molar-refractivity contribution in [2.45, 2.75) is 96.4 Å². The molecule has 264 valence electrons. The molecule has 50 heavy (non-hydrogen) atoms. The molecule has 0 bridgehead atoms. The van der Waals surface area contributed by atoms with Gasteiger partial charge in [-0.25, -0.2) is 14.6 Å². The topological polar surface area (TPSA) is 129 Å². The van der Waals surface area contributed by atoms with Crippen LogP contribution in [0.1, 0.15) is 90.1 Å². The maximum atomic E-state index is 13.4. The summed E-state index contributed by atoms with van der Waals surface area (Å²) in [5.41, 5.74) is 6.87. The summed E-state index contributed by atoms with van der Waals surface area (Å²) in [4.78, 5) is 54.7. The van der Waals surface area contributed by atoms with Crippen LogP contribution in [-0.2, 0) is 14.3 Å². The number of aromatic amines is 1. The zero-order chi connectivity index (χ0) is 35.4. The standard InChI is InChI=1S/C39H48N6O5/c1-6-9-30(43-37(47)49-5)36(46)44-20-8-11-34(44)35-41-24-32(42-35)28-18-16-26(17-19-28)25-12-14-27(15-13-25)29-22-31(40-23-29)33-10-7-21-45(33)38(48)50-39(2,3)4/h12-19,23-24,30,33-34H,6-11,20-22H2,1-5H3,(H,41,42)(H,43,47)/t30-,33-,34-/m0/s1. The monoisotopic (exact) mass is 680 g/mol. The number of allylic oxidation sites excluding steroid dienone is 1. The number of carbonyl (C=O) groups is 3. The number of aromatic nitrogens is 2. The Kier molecular flexibility index (Phi) is 10.4. The molecule has 0 radical (unpaired) electrons. The van der Waals surface area contributed by atoms with Crippen molar-refractivity contribution in [1.29, 1.82) is 0 Å². The molecule has 0 unspecified atom stereocenters. The highest BCUT2D eigenvalue weighted by molar-refractivity contribution is 6.03. The second-order valence-electron chi connectivity index (χ2n) is 14.3. The highest BCUT2D eigenvalue weighted by Gasteiger charge is 2.37. The lowest BCUT2D eigenvalue weighted by Crippen LogP contribution is -2.48. The van der Waals surface area contributed by atoms with Crippen LogP contribution in [0.5, 0.6) is 0 Å². The summed E-state index contributed by atoms with van der Waals surface area (Å²) in [5.74, 6) is 0.640. The summed E-state index contributed by atoms with van der Waals surface area (Å²) in [6.07, 6.45) is 8.45. The van der Waals surface area contributed by atoms with Crippen molar-refractivity contribution in [2.75, 3.05) is 20.2 Å². The number of alkyl carbamates (subject to hydrolysis) is 1. The fourth-order valence-electron chi connectivity index (χ4n) is 7.11. The number of ether oxygens (including phenoxy) is 2. The third kappa shape index (κ3) is 7.77. The lowest BCUT2D eigenvalue weighted by atomic mass is 9.96. The van der Waals surface area contributed by atoms with Gasteiger partial charge in [0.15, 0.2) is 0 Å². The van der Waals surface area contributed by atoms with E-state index in [0.717, 1.165) is 83.6 Å². The largest absolute Gasteiger partial charge is 0.453 e. The second-order valence-corrected chi connectivity index (χ2v) is 14.3. The Morgan fingerprint density at radius 2 is 1.54 bits per heavy atom. The number of benzene rings is 2. The number of nitrogens with zero attached hydrogens (tertiary/aromatic N) is 4. The average Bonchev–Trinajstić information content (AvgIpc) is 3.93. The van der Waals surface area contributed by atoms with E-state index in [4.69, 9.17) is 14.5 Å². The average molecular weight is 681 g/mol. The fraction of sp³-hybridized carbons (Fsp3) is 0.462. The fourth-order valence-corrected chi connectivity index (χ4v) is 7.11. The van der Waals surface area contributed by atoms with E-state index in [-0.39, 0.29) is 24.1 Å². The van der Waals surface area contributed by atoms with E-state index in [9.17, 15) is 14.4 Å². The van der Waals surface area contributed by atoms with E-state index in [1.807, 2.05) is 49.9 Å². The minimum atomic E-state index is -0.626. The van der Waals surface area contributed by atoms with Gasteiger partial charge in [0, 0.05) is 31.4 Å². The molecule has 3 aliphatic heterocycles. The summed E-state index contributed by atoms with van der Waals surface area (Å²) >= 11 is 0. The van der Waals surface area contributed by atoms with Gasteiger partial charge in [0.1, 0.15) is 17.5 Å². The summed E-state index contributed by atoms with van der Waals surface area (Å²) in [6.45, 7) is 8.98. The van der Waals surface area contributed by atoms with E-state index < -0.39 is 17.7 Å². The van der Waals surface area contributed by atoms with Crippen LogP contribution in [0.15, 0.2) is 65.9 Å². The molecule has 2 aromatic carbocycles. The Hall–Kier alpha value is -4.93. The number of nitrogens with one attached hydrogen (secondary N) is 2. The molecular weight excluding hydrogens is 632 g/mol. The van der Waals surface area contributed by atoms with Crippen LogP contribution < -0.4 is 5.32 Å². The van der Waals surface area contributed by atoms with Gasteiger partial charge in [-0.3, -0.25) is 14.7 Å². The molecule has 11 heteroatoms. The SMILES string of the molecule is CCC[C@H](NC(=O)OC)C(=O)N1CCC[C@H]1c1ncc(-c2ccc(-c3ccc(C4=CN=C([C@@H]5CCCN5C(=O)OC(C)(C)C)C4)cc3)cc2)[nH]1. The first-order valence-electron chi connectivity index (χ1n) is 17.7. The van der Waals surface area contributed by atoms with Crippen LogP contribution in [0, 0.1) is 0 Å². The molecule has 3 aliphatic rings. The van der Waals surface area contributed by atoms with Crippen LogP contribution in [-0.4, -0.2) is 81.5 Å². The number of imidazole rings is 1. The number of rotatable bonds is 9. The first kappa shape index (κ1) is 34.9. The molecule has 3 aromatic rings. The normalized spacial score (nSPS) is 19.6. The number of amides is 3. The number of carbonyl (C=O) groups excluding carboxylic acids is 3. The number of hydrogen-bond acceptors (Lipinski definition) is 7. The number of methoxy groups -OCH3 is 1. The first-order valence-corrected chi connectivity index (χ1v) is 17.7. The van der Waals surface area contributed by atoms with Crippen LogP contribution >= 0.6 is 0 Å². The molecule has 2 saturated heterocycles. The third-order valence-electron chi connectivity index (χ3n) is 9.61. The van der Waals surface area contributed by atoms with Crippen LogP contribution in [0.4, 0.5) is 9.59 Å². The summed E-state index contributed by atoms with van der Waals surface area (Å²) < 4.78 is 10.4. The molecule has 0 aliphatic carbocycles. The van der Waals surface area contributed by atoms with Crippen LogP contribution in [0.25, 0.3) is 28.0 Å². The molecule has 3 amide bonds. The highest BCUT2D eigenvalue weighted by atomic mass is 16.6. The van der Waals surface area contributed by atoms with E-state index in [0.29, 0.717) is 19.5 Å². The maximum Gasteiger partial charge on any atom is 0.410 e. The van der Waals surface area contributed by atoms with Crippen LogP contribution in [0.2, 0.25) is 0 Å². The van der Waals surface area contributed by atoms with Gasteiger partial charge in [-0.2, -0.15) is 0 Å².